The fourth-order valence-corrected chi connectivity index (χ4v) is 2.73. The number of sulfonamides is 1. The van der Waals surface area contributed by atoms with Gasteiger partial charge in [-0.3, -0.25) is 4.98 Å². The highest BCUT2D eigenvalue weighted by molar-refractivity contribution is 9.10. The predicted octanol–water partition coefficient (Wildman–Crippen LogP) is 1.78. The number of hydrogen-bond acceptors (Lipinski definition) is 4. The molecule has 1 heterocycles. The maximum Gasteiger partial charge on any atom is 0.238 e. The Morgan fingerprint density at radius 2 is 1.90 bits per heavy atom. The molecule has 0 aliphatic heterocycles. The molecule has 1 aromatic carbocycles. The first-order valence-corrected chi connectivity index (χ1v) is 8.21. The summed E-state index contributed by atoms with van der Waals surface area (Å²) in [6, 6.07) is 8.55. The van der Waals surface area contributed by atoms with Crippen molar-refractivity contribution in [1.29, 1.82) is 0 Å². The first-order valence-electron chi connectivity index (χ1n) is 5.87. The number of benzene rings is 1. The maximum atomic E-state index is 11.3. The summed E-state index contributed by atoms with van der Waals surface area (Å²) < 4.78 is 23.4. The third-order valence-corrected chi connectivity index (χ3v) is 3.99. The van der Waals surface area contributed by atoms with Crippen molar-refractivity contribution in [2.24, 2.45) is 5.14 Å². The van der Waals surface area contributed by atoms with Crippen molar-refractivity contribution in [1.82, 2.24) is 10.3 Å². The Morgan fingerprint density at radius 3 is 2.60 bits per heavy atom. The summed E-state index contributed by atoms with van der Waals surface area (Å²) in [4.78, 5) is 4.20. The van der Waals surface area contributed by atoms with Crippen molar-refractivity contribution in [3.8, 4) is 0 Å². The SMILES string of the molecule is NS(=O)(=O)c1cccc(CNCc2cncc(Br)c2)c1. The number of rotatable bonds is 5. The molecule has 2 rings (SSSR count). The second-order valence-corrected chi connectivity index (χ2v) is 6.78. The molecule has 0 aliphatic rings. The van der Waals surface area contributed by atoms with Crippen LogP contribution in [0.2, 0.25) is 0 Å². The summed E-state index contributed by atoms with van der Waals surface area (Å²) in [7, 11) is -3.65. The van der Waals surface area contributed by atoms with E-state index in [0.717, 1.165) is 15.6 Å². The molecular weight excluding hydrogens is 342 g/mol. The van der Waals surface area contributed by atoms with Gasteiger partial charge in [0.25, 0.3) is 0 Å². The van der Waals surface area contributed by atoms with Gasteiger partial charge in [-0.2, -0.15) is 0 Å². The van der Waals surface area contributed by atoms with Crippen LogP contribution in [0.3, 0.4) is 0 Å². The molecule has 0 radical (unpaired) electrons. The number of halogens is 1. The zero-order chi connectivity index (χ0) is 14.6. The molecule has 106 valence electrons. The van der Waals surface area contributed by atoms with Crippen LogP contribution in [-0.2, 0) is 23.1 Å². The second kappa shape index (κ2) is 6.45. The smallest absolute Gasteiger partial charge is 0.238 e. The first kappa shape index (κ1) is 15.1. The van der Waals surface area contributed by atoms with Crippen LogP contribution in [0.1, 0.15) is 11.1 Å². The van der Waals surface area contributed by atoms with E-state index in [-0.39, 0.29) is 4.90 Å². The zero-order valence-electron chi connectivity index (χ0n) is 10.6. The molecule has 1 aromatic heterocycles. The molecular formula is C13H14BrN3O2S. The molecule has 0 aliphatic carbocycles. The van der Waals surface area contributed by atoms with Gasteiger partial charge in [0.15, 0.2) is 0 Å². The van der Waals surface area contributed by atoms with Gasteiger partial charge in [-0.15, -0.1) is 0 Å². The second-order valence-electron chi connectivity index (χ2n) is 4.31. The average molecular weight is 356 g/mol. The molecule has 0 unspecified atom stereocenters. The topological polar surface area (TPSA) is 85.1 Å². The molecule has 0 amide bonds. The number of primary sulfonamides is 1. The Balaban J connectivity index is 1.98. The summed E-state index contributed by atoms with van der Waals surface area (Å²) in [5.41, 5.74) is 1.90. The van der Waals surface area contributed by atoms with E-state index in [1.807, 2.05) is 12.1 Å². The standard InChI is InChI=1S/C13H14BrN3O2S/c14-12-4-11(8-17-9-12)7-16-6-10-2-1-3-13(5-10)20(15,18)19/h1-5,8-9,16H,6-7H2,(H2,15,18,19). The van der Waals surface area contributed by atoms with E-state index in [9.17, 15) is 8.42 Å². The molecule has 7 heteroatoms. The minimum absolute atomic E-state index is 0.126. The Kier molecular flexibility index (Phi) is 4.87. The Labute approximate surface area is 126 Å². The molecule has 3 N–H and O–H groups in total. The third-order valence-electron chi connectivity index (χ3n) is 2.65. The van der Waals surface area contributed by atoms with E-state index in [1.165, 1.54) is 6.07 Å². The number of nitrogens with one attached hydrogen (secondary N) is 1. The van der Waals surface area contributed by atoms with Gasteiger partial charge in [0, 0.05) is 30.0 Å². The van der Waals surface area contributed by atoms with Gasteiger partial charge in [0.1, 0.15) is 0 Å². The van der Waals surface area contributed by atoms with Gasteiger partial charge in [0.05, 0.1) is 4.90 Å². The van der Waals surface area contributed by atoms with Crippen molar-refractivity contribution >= 4 is 26.0 Å². The van der Waals surface area contributed by atoms with Crippen LogP contribution in [0, 0.1) is 0 Å². The van der Waals surface area contributed by atoms with E-state index in [2.05, 4.69) is 26.2 Å². The largest absolute Gasteiger partial charge is 0.309 e. The molecule has 5 nitrogen and oxygen atoms in total. The molecule has 0 saturated carbocycles. The highest BCUT2D eigenvalue weighted by Gasteiger charge is 2.07. The lowest BCUT2D eigenvalue weighted by Crippen LogP contribution is -2.15. The van der Waals surface area contributed by atoms with E-state index in [0.29, 0.717) is 13.1 Å². The van der Waals surface area contributed by atoms with Crippen LogP contribution in [0.25, 0.3) is 0 Å². The van der Waals surface area contributed by atoms with Crippen LogP contribution in [0.5, 0.6) is 0 Å². The Morgan fingerprint density at radius 1 is 1.15 bits per heavy atom. The van der Waals surface area contributed by atoms with E-state index in [1.54, 1.807) is 24.5 Å². The van der Waals surface area contributed by atoms with Gasteiger partial charge < -0.3 is 5.32 Å². The highest BCUT2D eigenvalue weighted by atomic mass is 79.9. The van der Waals surface area contributed by atoms with Gasteiger partial charge in [-0.05, 0) is 45.3 Å². The first-order chi connectivity index (χ1) is 9.45. The average Bonchev–Trinajstić information content (AvgIpc) is 2.38. The van der Waals surface area contributed by atoms with E-state index in [4.69, 9.17) is 5.14 Å². The molecule has 0 fully saturated rings. The molecule has 20 heavy (non-hydrogen) atoms. The quantitative estimate of drug-likeness (QED) is 0.855. The number of aromatic nitrogens is 1. The van der Waals surface area contributed by atoms with Gasteiger partial charge in [-0.1, -0.05) is 12.1 Å². The monoisotopic (exact) mass is 355 g/mol. The Bertz CT molecular complexity index is 704. The number of nitrogens with two attached hydrogens (primary N) is 1. The van der Waals surface area contributed by atoms with Crippen LogP contribution in [0.4, 0.5) is 0 Å². The predicted molar refractivity (Wildman–Crippen MR) is 80.3 cm³/mol. The summed E-state index contributed by atoms with van der Waals surface area (Å²) in [5, 5.41) is 8.33. The fraction of sp³-hybridized carbons (Fsp3) is 0.154. The zero-order valence-corrected chi connectivity index (χ0v) is 13.0. The Hall–Kier alpha value is -1.28. The fourth-order valence-electron chi connectivity index (χ4n) is 1.74. The minimum Gasteiger partial charge on any atom is -0.309 e. The van der Waals surface area contributed by atoms with Crippen molar-refractivity contribution in [2.45, 2.75) is 18.0 Å². The lowest BCUT2D eigenvalue weighted by Gasteiger charge is -2.06. The molecule has 0 spiro atoms. The molecule has 0 saturated heterocycles. The molecule has 0 atom stereocenters. The molecule has 2 aromatic rings. The summed E-state index contributed by atoms with van der Waals surface area (Å²) in [6.45, 7) is 1.20. The summed E-state index contributed by atoms with van der Waals surface area (Å²) in [6.07, 6.45) is 3.50. The van der Waals surface area contributed by atoms with Crippen LogP contribution >= 0.6 is 15.9 Å². The van der Waals surface area contributed by atoms with Crippen LogP contribution in [-0.4, -0.2) is 13.4 Å². The van der Waals surface area contributed by atoms with Crippen LogP contribution < -0.4 is 10.5 Å². The van der Waals surface area contributed by atoms with E-state index >= 15 is 0 Å². The number of nitrogens with zero attached hydrogens (tertiary/aromatic N) is 1. The maximum absolute atomic E-state index is 11.3. The van der Waals surface area contributed by atoms with Crippen molar-refractivity contribution in [2.75, 3.05) is 0 Å². The van der Waals surface area contributed by atoms with Gasteiger partial charge >= 0.3 is 0 Å². The summed E-state index contributed by atoms with van der Waals surface area (Å²) >= 11 is 3.36. The van der Waals surface area contributed by atoms with Gasteiger partial charge in [0.2, 0.25) is 10.0 Å². The molecule has 0 bridgehead atoms. The van der Waals surface area contributed by atoms with E-state index < -0.39 is 10.0 Å². The number of pyridine rings is 1. The van der Waals surface area contributed by atoms with Crippen molar-refractivity contribution < 1.29 is 8.42 Å². The summed E-state index contributed by atoms with van der Waals surface area (Å²) in [5.74, 6) is 0. The normalized spacial score (nSPS) is 11.5. The highest BCUT2D eigenvalue weighted by Crippen LogP contribution is 2.11. The third kappa shape index (κ3) is 4.38. The lowest BCUT2D eigenvalue weighted by atomic mass is 10.2. The van der Waals surface area contributed by atoms with Crippen LogP contribution in [0.15, 0.2) is 52.1 Å². The number of hydrogen-bond donors (Lipinski definition) is 2. The van der Waals surface area contributed by atoms with Gasteiger partial charge in [-0.25, -0.2) is 13.6 Å². The minimum atomic E-state index is -3.65. The van der Waals surface area contributed by atoms with Crippen molar-refractivity contribution in [3.63, 3.8) is 0 Å². The van der Waals surface area contributed by atoms with Crippen molar-refractivity contribution in [3.05, 3.63) is 58.3 Å². The lowest BCUT2D eigenvalue weighted by molar-refractivity contribution is 0.597.